The van der Waals surface area contributed by atoms with Gasteiger partial charge in [-0.25, -0.2) is 4.39 Å². The van der Waals surface area contributed by atoms with Gasteiger partial charge in [-0.15, -0.1) is 0 Å². The van der Waals surface area contributed by atoms with E-state index in [0.29, 0.717) is 13.2 Å². The van der Waals surface area contributed by atoms with Crippen molar-refractivity contribution in [2.75, 3.05) is 13.2 Å². The number of hydrogen-bond donors (Lipinski definition) is 0. The van der Waals surface area contributed by atoms with Crippen LogP contribution in [0, 0.1) is 0 Å². The van der Waals surface area contributed by atoms with E-state index in [0.717, 1.165) is 5.56 Å². The molecule has 0 radical (unpaired) electrons. The molecule has 1 aromatic carbocycles. The standard InChI is InChI=1S/C14H17FO3/c15-14(6-8-17-9-7-14)10-13(16)18-11-12-4-2-1-3-5-12/h1-5H,6-11H2. The van der Waals surface area contributed by atoms with Gasteiger partial charge in [0, 0.05) is 26.1 Å². The fourth-order valence-corrected chi connectivity index (χ4v) is 1.96. The normalized spacial score (nSPS) is 18.3. The van der Waals surface area contributed by atoms with Crippen molar-refractivity contribution >= 4 is 5.97 Å². The summed E-state index contributed by atoms with van der Waals surface area (Å²) in [5.41, 5.74) is -0.544. The highest BCUT2D eigenvalue weighted by Gasteiger charge is 2.35. The molecule has 1 aliphatic rings. The number of carbonyl (C=O) groups is 1. The molecule has 0 bridgehead atoms. The van der Waals surface area contributed by atoms with Gasteiger partial charge in [-0.2, -0.15) is 0 Å². The Labute approximate surface area is 106 Å². The number of alkyl halides is 1. The first-order chi connectivity index (χ1) is 8.68. The Balaban J connectivity index is 1.78. The second-order valence-electron chi connectivity index (χ2n) is 4.59. The summed E-state index contributed by atoms with van der Waals surface area (Å²) in [6.45, 7) is 0.956. The SMILES string of the molecule is O=C(CC1(F)CCOCC1)OCc1ccccc1. The van der Waals surface area contributed by atoms with Crippen LogP contribution in [0.1, 0.15) is 24.8 Å². The Kier molecular flexibility index (Phi) is 4.31. The third-order valence-electron chi connectivity index (χ3n) is 3.09. The lowest BCUT2D eigenvalue weighted by Crippen LogP contribution is -2.34. The smallest absolute Gasteiger partial charge is 0.309 e. The van der Waals surface area contributed by atoms with Crippen molar-refractivity contribution in [2.24, 2.45) is 0 Å². The van der Waals surface area contributed by atoms with Gasteiger partial charge in [0.1, 0.15) is 12.3 Å². The highest BCUT2D eigenvalue weighted by molar-refractivity contribution is 5.70. The molecule has 98 valence electrons. The second kappa shape index (κ2) is 5.96. The Bertz CT molecular complexity index is 385. The quantitative estimate of drug-likeness (QED) is 0.773. The van der Waals surface area contributed by atoms with Crippen molar-refractivity contribution < 1.29 is 18.7 Å². The zero-order valence-electron chi connectivity index (χ0n) is 10.2. The molecule has 0 unspecified atom stereocenters. The number of rotatable bonds is 4. The van der Waals surface area contributed by atoms with Gasteiger partial charge in [0.05, 0.1) is 6.42 Å². The fraction of sp³-hybridized carbons (Fsp3) is 0.500. The molecule has 4 heteroatoms. The zero-order chi connectivity index (χ0) is 12.8. The van der Waals surface area contributed by atoms with Gasteiger partial charge in [0.2, 0.25) is 0 Å². The van der Waals surface area contributed by atoms with E-state index < -0.39 is 11.6 Å². The fourth-order valence-electron chi connectivity index (χ4n) is 1.96. The maximum absolute atomic E-state index is 14.2. The molecule has 18 heavy (non-hydrogen) atoms. The van der Waals surface area contributed by atoms with E-state index in [-0.39, 0.29) is 25.9 Å². The van der Waals surface area contributed by atoms with Gasteiger partial charge in [0.25, 0.3) is 0 Å². The van der Waals surface area contributed by atoms with E-state index in [9.17, 15) is 9.18 Å². The average Bonchev–Trinajstić information content (AvgIpc) is 2.38. The molecule has 0 aromatic heterocycles. The van der Waals surface area contributed by atoms with Crippen LogP contribution < -0.4 is 0 Å². The van der Waals surface area contributed by atoms with E-state index in [1.165, 1.54) is 0 Å². The number of hydrogen-bond acceptors (Lipinski definition) is 3. The van der Waals surface area contributed by atoms with Gasteiger partial charge in [-0.3, -0.25) is 4.79 Å². The topological polar surface area (TPSA) is 35.5 Å². The molecule has 1 aromatic rings. The van der Waals surface area contributed by atoms with Crippen molar-refractivity contribution in [3.8, 4) is 0 Å². The first-order valence-corrected chi connectivity index (χ1v) is 6.14. The molecule has 0 amide bonds. The molecule has 1 aliphatic heterocycles. The number of carbonyl (C=O) groups excluding carboxylic acids is 1. The third kappa shape index (κ3) is 3.81. The van der Waals surface area contributed by atoms with Crippen molar-refractivity contribution in [3.05, 3.63) is 35.9 Å². The maximum Gasteiger partial charge on any atom is 0.309 e. The largest absolute Gasteiger partial charge is 0.461 e. The van der Waals surface area contributed by atoms with Crippen molar-refractivity contribution in [1.82, 2.24) is 0 Å². The average molecular weight is 252 g/mol. The predicted octanol–water partition coefficient (Wildman–Crippen LogP) is 2.64. The minimum atomic E-state index is -1.45. The molecule has 2 rings (SSSR count). The molecule has 0 spiro atoms. The lowest BCUT2D eigenvalue weighted by Gasteiger charge is -2.28. The zero-order valence-corrected chi connectivity index (χ0v) is 10.2. The van der Waals surface area contributed by atoms with Crippen molar-refractivity contribution in [1.29, 1.82) is 0 Å². The Morgan fingerprint density at radius 2 is 1.94 bits per heavy atom. The van der Waals surface area contributed by atoms with E-state index >= 15 is 0 Å². The summed E-state index contributed by atoms with van der Waals surface area (Å²) in [4.78, 5) is 11.6. The van der Waals surface area contributed by atoms with Crippen LogP contribution in [0.2, 0.25) is 0 Å². The van der Waals surface area contributed by atoms with Crippen LogP contribution in [-0.4, -0.2) is 24.9 Å². The van der Waals surface area contributed by atoms with Crippen LogP contribution in [-0.2, 0) is 20.9 Å². The first kappa shape index (κ1) is 13.0. The lowest BCUT2D eigenvalue weighted by molar-refractivity contribution is -0.150. The summed E-state index contributed by atoms with van der Waals surface area (Å²) < 4.78 is 24.3. The molecule has 0 saturated carbocycles. The van der Waals surface area contributed by atoms with Crippen LogP contribution in [0.15, 0.2) is 30.3 Å². The Hall–Kier alpha value is -1.42. The highest BCUT2D eigenvalue weighted by Crippen LogP contribution is 2.29. The molecule has 3 nitrogen and oxygen atoms in total. The first-order valence-electron chi connectivity index (χ1n) is 6.14. The minimum absolute atomic E-state index is 0.177. The molecule has 0 aliphatic carbocycles. The molecular formula is C14H17FO3. The number of halogens is 1. The third-order valence-corrected chi connectivity index (χ3v) is 3.09. The molecule has 1 saturated heterocycles. The maximum atomic E-state index is 14.2. The molecule has 0 N–H and O–H groups in total. The van der Waals surface area contributed by atoms with Gasteiger partial charge in [-0.05, 0) is 5.56 Å². The minimum Gasteiger partial charge on any atom is -0.461 e. The van der Waals surface area contributed by atoms with Crippen LogP contribution >= 0.6 is 0 Å². The summed E-state index contributed by atoms with van der Waals surface area (Å²) in [5, 5.41) is 0. The molecule has 1 heterocycles. The van der Waals surface area contributed by atoms with Crippen molar-refractivity contribution in [2.45, 2.75) is 31.5 Å². The summed E-state index contributed by atoms with van der Waals surface area (Å²) >= 11 is 0. The summed E-state index contributed by atoms with van der Waals surface area (Å²) in [6, 6.07) is 9.38. The van der Waals surface area contributed by atoms with E-state index in [1.807, 2.05) is 30.3 Å². The van der Waals surface area contributed by atoms with E-state index in [4.69, 9.17) is 9.47 Å². The van der Waals surface area contributed by atoms with Crippen LogP contribution in [0.5, 0.6) is 0 Å². The Morgan fingerprint density at radius 3 is 2.61 bits per heavy atom. The van der Waals surface area contributed by atoms with Gasteiger partial charge < -0.3 is 9.47 Å². The van der Waals surface area contributed by atoms with Gasteiger partial charge in [0.15, 0.2) is 0 Å². The predicted molar refractivity (Wildman–Crippen MR) is 64.7 cm³/mol. The molecule has 0 atom stereocenters. The summed E-state index contributed by atoms with van der Waals surface area (Å²) in [6.07, 6.45) is 0.365. The highest BCUT2D eigenvalue weighted by atomic mass is 19.1. The monoisotopic (exact) mass is 252 g/mol. The van der Waals surface area contributed by atoms with Crippen molar-refractivity contribution in [3.63, 3.8) is 0 Å². The lowest BCUT2D eigenvalue weighted by atomic mass is 9.93. The van der Waals surface area contributed by atoms with Gasteiger partial charge >= 0.3 is 5.97 Å². The van der Waals surface area contributed by atoms with Crippen LogP contribution in [0.25, 0.3) is 0 Å². The van der Waals surface area contributed by atoms with E-state index in [2.05, 4.69) is 0 Å². The Morgan fingerprint density at radius 1 is 1.28 bits per heavy atom. The summed E-state index contributed by atoms with van der Waals surface area (Å²) in [7, 11) is 0. The van der Waals surface area contributed by atoms with E-state index in [1.54, 1.807) is 0 Å². The number of esters is 1. The molecule has 1 fully saturated rings. The molecular weight excluding hydrogens is 235 g/mol. The van der Waals surface area contributed by atoms with Gasteiger partial charge in [-0.1, -0.05) is 30.3 Å². The summed E-state index contributed by atoms with van der Waals surface area (Å²) in [5.74, 6) is -0.483. The number of benzene rings is 1. The van der Waals surface area contributed by atoms with Crippen LogP contribution in [0.4, 0.5) is 4.39 Å². The number of ether oxygens (including phenoxy) is 2. The van der Waals surface area contributed by atoms with Crippen LogP contribution in [0.3, 0.4) is 0 Å². The second-order valence-corrected chi connectivity index (χ2v) is 4.59.